The van der Waals surface area contributed by atoms with Gasteiger partial charge in [0, 0.05) is 12.1 Å². The minimum Gasteiger partial charge on any atom is -0.489 e. The first-order valence-electron chi connectivity index (χ1n) is 7.84. The molecule has 0 heterocycles. The van der Waals surface area contributed by atoms with Crippen molar-refractivity contribution in [1.29, 1.82) is 0 Å². The summed E-state index contributed by atoms with van der Waals surface area (Å²) in [6.45, 7) is 2.42. The predicted molar refractivity (Wildman–Crippen MR) is 85.1 cm³/mol. The average Bonchev–Trinajstić information content (AvgIpc) is 2.71. The number of hydrogen-bond donors (Lipinski definition) is 2. The Bertz CT molecular complexity index is 507. The molecule has 0 bridgehead atoms. The van der Waals surface area contributed by atoms with Crippen LogP contribution in [0.5, 0.6) is 5.75 Å². The second-order valence-corrected chi connectivity index (χ2v) is 5.89. The van der Waals surface area contributed by atoms with Gasteiger partial charge in [0.1, 0.15) is 17.5 Å². The number of ether oxygens (including phenoxy) is 1. The van der Waals surface area contributed by atoms with Crippen molar-refractivity contribution in [1.82, 2.24) is 0 Å². The molecule has 2 rings (SSSR count). The molecular formula is C18H25NO2. The quantitative estimate of drug-likeness (QED) is 0.664. The van der Waals surface area contributed by atoms with Gasteiger partial charge >= 0.3 is 0 Å². The van der Waals surface area contributed by atoms with Crippen molar-refractivity contribution in [2.24, 2.45) is 5.73 Å². The third-order valence-electron chi connectivity index (χ3n) is 3.87. The predicted octanol–water partition coefficient (Wildman–Crippen LogP) is 2.85. The summed E-state index contributed by atoms with van der Waals surface area (Å²) in [5.74, 6) is 6.95. The molecule has 21 heavy (non-hydrogen) atoms. The van der Waals surface area contributed by atoms with Crippen LogP contribution in [0.2, 0.25) is 0 Å². The Hall–Kier alpha value is -1.50. The first kappa shape index (κ1) is 15.9. The Morgan fingerprint density at radius 1 is 1.29 bits per heavy atom. The smallest absolute Gasteiger partial charge is 0.125 e. The summed E-state index contributed by atoms with van der Waals surface area (Å²) in [5.41, 5.74) is 5.61. The molecule has 114 valence electrons. The monoisotopic (exact) mass is 287 g/mol. The molecule has 3 nitrogen and oxygen atoms in total. The fraction of sp³-hybridized carbons (Fsp3) is 0.556. The van der Waals surface area contributed by atoms with E-state index in [1.165, 1.54) is 12.8 Å². The van der Waals surface area contributed by atoms with E-state index in [2.05, 4.69) is 11.8 Å². The molecule has 1 aromatic carbocycles. The number of benzene rings is 1. The molecule has 1 aliphatic rings. The zero-order valence-corrected chi connectivity index (χ0v) is 12.8. The van der Waals surface area contributed by atoms with Gasteiger partial charge in [0.25, 0.3) is 0 Å². The van der Waals surface area contributed by atoms with Crippen molar-refractivity contribution in [2.45, 2.75) is 57.2 Å². The van der Waals surface area contributed by atoms with Crippen molar-refractivity contribution in [3.05, 3.63) is 29.8 Å². The highest BCUT2D eigenvalue weighted by Crippen LogP contribution is 2.26. The van der Waals surface area contributed by atoms with Crippen molar-refractivity contribution in [3.63, 3.8) is 0 Å². The lowest BCUT2D eigenvalue weighted by Crippen LogP contribution is -2.25. The van der Waals surface area contributed by atoms with Gasteiger partial charge in [0.2, 0.25) is 0 Å². The van der Waals surface area contributed by atoms with E-state index in [1.54, 1.807) is 0 Å². The molecule has 0 spiro atoms. The standard InChI is InChI=1S/C18H25NO2/c1-15(14-19)21-17-8-6-7-16(13-17)9-12-18(20)10-4-2-3-5-11-18/h6-8,13,15,20H,2-5,10-11,14,19H2,1H3. The van der Waals surface area contributed by atoms with Gasteiger partial charge in [0.05, 0.1) is 0 Å². The second kappa shape index (κ2) is 7.49. The van der Waals surface area contributed by atoms with E-state index in [4.69, 9.17) is 10.5 Å². The Balaban J connectivity index is 2.09. The van der Waals surface area contributed by atoms with Crippen LogP contribution < -0.4 is 10.5 Å². The van der Waals surface area contributed by atoms with E-state index in [1.807, 2.05) is 31.2 Å². The second-order valence-electron chi connectivity index (χ2n) is 5.89. The maximum atomic E-state index is 10.5. The maximum Gasteiger partial charge on any atom is 0.125 e. The molecule has 1 unspecified atom stereocenters. The van der Waals surface area contributed by atoms with Crippen molar-refractivity contribution in [3.8, 4) is 17.6 Å². The van der Waals surface area contributed by atoms with Gasteiger partial charge in [-0.05, 0) is 50.8 Å². The maximum absolute atomic E-state index is 10.5. The molecule has 1 saturated carbocycles. The van der Waals surface area contributed by atoms with E-state index in [9.17, 15) is 5.11 Å². The van der Waals surface area contributed by atoms with Crippen LogP contribution in [0.25, 0.3) is 0 Å². The molecule has 0 amide bonds. The summed E-state index contributed by atoms with van der Waals surface area (Å²) in [5, 5.41) is 10.5. The summed E-state index contributed by atoms with van der Waals surface area (Å²) >= 11 is 0. The van der Waals surface area contributed by atoms with E-state index < -0.39 is 5.60 Å². The Kier molecular flexibility index (Phi) is 5.67. The summed E-state index contributed by atoms with van der Waals surface area (Å²) in [7, 11) is 0. The highest BCUT2D eigenvalue weighted by atomic mass is 16.5. The first-order chi connectivity index (χ1) is 10.1. The van der Waals surface area contributed by atoms with Crippen LogP contribution >= 0.6 is 0 Å². The summed E-state index contributed by atoms with van der Waals surface area (Å²) < 4.78 is 5.69. The van der Waals surface area contributed by atoms with E-state index in [0.717, 1.165) is 37.0 Å². The van der Waals surface area contributed by atoms with E-state index in [-0.39, 0.29) is 6.10 Å². The molecular weight excluding hydrogens is 262 g/mol. The zero-order chi connectivity index (χ0) is 15.1. The third kappa shape index (κ3) is 5.08. The molecule has 1 aromatic rings. The van der Waals surface area contributed by atoms with Gasteiger partial charge in [-0.3, -0.25) is 0 Å². The molecule has 3 N–H and O–H groups in total. The van der Waals surface area contributed by atoms with Crippen molar-refractivity contribution < 1.29 is 9.84 Å². The molecule has 3 heteroatoms. The minimum atomic E-state index is -0.822. The summed E-state index contributed by atoms with van der Waals surface area (Å²) in [6.07, 6.45) is 6.05. The van der Waals surface area contributed by atoms with Crippen LogP contribution in [-0.2, 0) is 0 Å². The summed E-state index contributed by atoms with van der Waals surface area (Å²) in [4.78, 5) is 0. The number of rotatable bonds is 3. The number of hydrogen-bond acceptors (Lipinski definition) is 3. The van der Waals surface area contributed by atoms with Crippen LogP contribution in [0.1, 0.15) is 51.0 Å². The number of aliphatic hydroxyl groups is 1. The van der Waals surface area contributed by atoms with Crippen LogP contribution in [0.15, 0.2) is 24.3 Å². The number of nitrogens with two attached hydrogens (primary N) is 1. The molecule has 1 atom stereocenters. The van der Waals surface area contributed by atoms with Crippen LogP contribution in [0, 0.1) is 11.8 Å². The Labute approximate surface area is 127 Å². The summed E-state index contributed by atoms with van der Waals surface area (Å²) in [6, 6.07) is 7.66. The molecule has 1 fully saturated rings. The van der Waals surface area contributed by atoms with Crippen molar-refractivity contribution in [2.75, 3.05) is 6.54 Å². The lowest BCUT2D eigenvalue weighted by atomic mass is 9.95. The lowest BCUT2D eigenvalue weighted by molar-refractivity contribution is 0.0849. The topological polar surface area (TPSA) is 55.5 Å². The van der Waals surface area contributed by atoms with Crippen molar-refractivity contribution >= 4 is 0 Å². The minimum absolute atomic E-state index is 0.0146. The molecule has 0 aromatic heterocycles. The van der Waals surface area contributed by atoms with Crippen LogP contribution in [0.4, 0.5) is 0 Å². The molecule has 1 aliphatic carbocycles. The highest BCUT2D eigenvalue weighted by molar-refractivity contribution is 5.41. The van der Waals surface area contributed by atoms with Gasteiger partial charge < -0.3 is 15.6 Å². The molecule has 0 saturated heterocycles. The van der Waals surface area contributed by atoms with E-state index >= 15 is 0 Å². The van der Waals surface area contributed by atoms with Gasteiger partial charge in [-0.1, -0.05) is 30.7 Å². The van der Waals surface area contributed by atoms with Gasteiger partial charge in [-0.2, -0.15) is 0 Å². The van der Waals surface area contributed by atoms with Crippen LogP contribution in [0.3, 0.4) is 0 Å². The molecule has 0 radical (unpaired) electrons. The van der Waals surface area contributed by atoms with Gasteiger partial charge in [-0.25, -0.2) is 0 Å². The van der Waals surface area contributed by atoms with Gasteiger partial charge in [0.15, 0.2) is 0 Å². The molecule has 0 aliphatic heterocycles. The van der Waals surface area contributed by atoms with Crippen LogP contribution in [-0.4, -0.2) is 23.4 Å². The Morgan fingerprint density at radius 2 is 2.00 bits per heavy atom. The lowest BCUT2D eigenvalue weighted by Gasteiger charge is -2.19. The average molecular weight is 287 g/mol. The van der Waals surface area contributed by atoms with E-state index in [0.29, 0.717) is 6.54 Å². The fourth-order valence-corrected chi connectivity index (χ4v) is 2.55. The van der Waals surface area contributed by atoms with Gasteiger partial charge in [-0.15, -0.1) is 0 Å². The highest BCUT2D eigenvalue weighted by Gasteiger charge is 2.25. The normalized spacial score (nSPS) is 19.0. The fourth-order valence-electron chi connectivity index (χ4n) is 2.55. The zero-order valence-electron chi connectivity index (χ0n) is 12.8. The Morgan fingerprint density at radius 3 is 2.67 bits per heavy atom. The largest absolute Gasteiger partial charge is 0.489 e. The first-order valence-corrected chi connectivity index (χ1v) is 7.84. The third-order valence-corrected chi connectivity index (χ3v) is 3.87. The SMILES string of the molecule is CC(CN)Oc1cccc(C#CC2(O)CCCCCC2)c1.